The number of aromatic nitrogens is 3. The molecular weight excluding hydrogens is 247 g/mol. The molecule has 0 fully saturated rings. The molecule has 0 amide bonds. The Morgan fingerprint density at radius 2 is 2.26 bits per heavy atom. The van der Waals surface area contributed by atoms with Crippen molar-refractivity contribution in [3.05, 3.63) is 36.0 Å². The Bertz CT molecular complexity index is 553. The largest absolute Gasteiger partial charge is 0.433 e. The Kier molecular flexibility index (Phi) is 4.11. The number of pyridine rings is 1. The minimum atomic E-state index is -0.445. The molecule has 2 aromatic rings. The summed E-state index contributed by atoms with van der Waals surface area (Å²) in [6, 6.07) is 1.93. The Morgan fingerprint density at radius 1 is 1.47 bits per heavy atom. The maximum atomic E-state index is 14.2. The standard InChI is InChI=1S/C13H17FN4O/c1-9(2)16-6-10-4-5-15-13(12(10)14)19-11-7-17-18(3)8-11/h4-5,7-9,16H,6H2,1-3H3. The second-order valence-corrected chi connectivity index (χ2v) is 4.58. The zero-order valence-corrected chi connectivity index (χ0v) is 11.2. The molecule has 0 aliphatic carbocycles. The van der Waals surface area contributed by atoms with E-state index in [0.29, 0.717) is 17.9 Å². The molecule has 5 nitrogen and oxygen atoms in total. The average Bonchev–Trinajstić information content (AvgIpc) is 2.76. The number of ether oxygens (including phenoxy) is 1. The van der Waals surface area contributed by atoms with Crippen LogP contribution in [0.1, 0.15) is 19.4 Å². The molecule has 2 heterocycles. The van der Waals surface area contributed by atoms with Crippen molar-refractivity contribution in [3.8, 4) is 11.6 Å². The van der Waals surface area contributed by atoms with E-state index < -0.39 is 5.82 Å². The molecule has 0 bridgehead atoms. The number of hydrogen-bond acceptors (Lipinski definition) is 4. The van der Waals surface area contributed by atoms with Gasteiger partial charge in [0.15, 0.2) is 11.6 Å². The highest BCUT2D eigenvalue weighted by Crippen LogP contribution is 2.23. The molecule has 0 spiro atoms. The highest BCUT2D eigenvalue weighted by Gasteiger charge is 2.12. The van der Waals surface area contributed by atoms with Gasteiger partial charge in [-0.25, -0.2) is 9.37 Å². The quantitative estimate of drug-likeness (QED) is 0.900. The molecule has 19 heavy (non-hydrogen) atoms. The van der Waals surface area contributed by atoms with Gasteiger partial charge in [0.25, 0.3) is 5.88 Å². The SMILES string of the molecule is CC(C)NCc1ccnc(Oc2cnn(C)c2)c1F. The fraction of sp³-hybridized carbons (Fsp3) is 0.385. The lowest BCUT2D eigenvalue weighted by Gasteiger charge is -2.10. The highest BCUT2D eigenvalue weighted by atomic mass is 19.1. The van der Waals surface area contributed by atoms with Crippen molar-refractivity contribution in [2.75, 3.05) is 0 Å². The van der Waals surface area contributed by atoms with Gasteiger partial charge in [-0.05, 0) is 6.07 Å². The van der Waals surface area contributed by atoms with Crippen molar-refractivity contribution >= 4 is 0 Å². The van der Waals surface area contributed by atoms with Crippen LogP contribution in [0.4, 0.5) is 4.39 Å². The van der Waals surface area contributed by atoms with Gasteiger partial charge in [-0.15, -0.1) is 0 Å². The number of aryl methyl sites for hydroxylation is 1. The minimum absolute atomic E-state index is 0.0314. The average molecular weight is 264 g/mol. The van der Waals surface area contributed by atoms with E-state index in [-0.39, 0.29) is 11.9 Å². The summed E-state index contributed by atoms with van der Waals surface area (Å²) in [5, 5.41) is 7.11. The molecule has 2 aromatic heterocycles. The summed E-state index contributed by atoms with van der Waals surface area (Å²) in [4.78, 5) is 3.91. The summed E-state index contributed by atoms with van der Waals surface area (Å²) >= 11 is 0. The predicted octanol–water partition coefficient (Wildman–Crippen LogP) is 2.24. The Labute approximate surface area is 111 Å². The van der Waals surface area contributed by atoms with Crippen LogP contribution in [0, 0.1) is 5.82 Å². The van der Waals surface area contributed by atoms with Crippen LogP contribution in [0.2, 0.25) is 0 Å². The van der Waals surface area contributed by atoms with E-state index in [0.717, 1.165) is 0 Å². The third kappa shape index (κ3) is 3.51. The molecule has 102 valence electrons. The molecule has 0 saturated carbocycles. The van der Waals surface area contributed by atoms with E-state index in [9.17, 15) is 4.39 Å². The summed E-state index contributed by atoms with van der Waals surface area (Å²) in [6.45, 7) is 4.45. The van der Waals surface area contributed by atoms with Crippen LogP contribution in [-0.2, 0) is 13.6 Å². The smallest absolute Gasteiger partial charge is 0.256 e. The van der Waals surface area contributed by atoms with E-state index >= 15 is 0 Å². The maximum Gasteiger partial charge on any atom is 0.256 e. The molecule has 0 aromatic carbocycles. The zero-order chi connectivity index (χ0) is 13.8. The van der Waals surface area contributed by atoms with Crippen LogP contribution >= 0.6 is 0 Å². The number of halogens is 1. The second kappa shape index (κ2) is 5.79. The summed E-state index contributed by atoms with van der Waals surface area (Å²) < 4.78 is 21.1. The zero-order valence-electron chi connectivity index (χ0n) is 11.2. The number of rotatable bonds is 5. The summed E-state index contributed by atoms with van der Waals surface area (Å²) in [5.74, 6) is -0.0153. The molecular formula is C13H17FN4O. The second-order valence-electron chi connectivity index (χ2n) is 4.58. The van der Waals surface area contributed by atoms with E-state index in [4.69, 9.17) is 4.74 Å². The highest BCUT2D eigenvalue weighted by molar-refractivity contribution is 5.27. The maximum absolute atomic E-state index is 14.2. The molecule has 0 radical (unpaired) electrons. The van der Waals surface area contributed by atoms with Crippen molar-refractivity contribution in [3.63, 3.8) is 0 Å². The van der Waals surface area contributed by atoms with Gasteiger partial charge < -0.3 is 10.1 Å². The van der Waals surface area contributed by atoms with Gasteiger partial charge in [0.05, 0.1) is 12.4 Å². The van der Waals surface area contributed by atoms with E-state index in [1.54, 1.807) is 24.0 Å². The van der Waals surface area contributed by atoms with E-state index in [1.165, 1.54) is 12.4 Å². The van der Waals surface area contributed by atoms with Crippen molar-refractivity contribution in [1.82, 2.24) is 20.1 Å². The Morgan fingerprint density at radius 3 is 2.89 bits per heavy atom. The van der Waals surface area contributed by atoms with Crippen molar-refractivity contribution < 1.29 is 9.13 Å². The van der Waals surface area contributed by atoms with Crippen molar-refractivity contribution in [2.24, 2.45) is 7.05 Å². The summed E-state index contributed by atoms with van der Waals surface area (Å²) in [7, 11) is 1.76. The van der Waals surface area contributed by atoms with Crippen molar-refractivity contribution in [2.45, 2.75) is 26.4 Å². The fourth-order valence-electron chi connectivity index (χ4n) is 1.55. The molecule has 0 aliphatic rings. The van der Waals surface area contributed by atoms with Gasteiger partial charge in [-0.1, -0.05) is 13.8 Å². The lowest BCUT2D eigenvalue weighted by atomic mass is 10.2. The van der Waals surface area contributed by atoms with Crippen LogP contribution < -0.4 is 10.1 Å². The first kappa shape index (κ1) is 13.5. The van der Waals surface area contributed by atoms with Gasteiger partial charge in [-0.2, -0.15) is 5.10 Å². The van der Waals surface area contributed by atoms with Crippen LogP contribution in [-0.4, -0.2) is 20.8 Å². The molecule has 0 saturated heterocycles. The topological polar surface area (TPSA) is 52.0 Å². The van der Waals surface area contributed by atoms with Gasteiger partial charge in [0, 0.05) is 31.4 Å². The summed E-state index contributed by atoms with van der Waals surface area (Å²) in [6.07, 6.45) is 4.70. The van der Waals surface area contributed by atoms with Crippen molar-refractivity contribution in [1.29, 1.82) is 0 Å². The van der Waals surface area contributed by atoms with Gasteiger partial charge in [-0.3, -0.25) is 4.68 Å². The first-order chi connectivity index (χ1) is 9.06. The minimum Gasteiger partial charge on any atom is -0.433 e. The first-order valence-corrected chi connectivity index (χ1v) is 6.09. The van der Waals surface area contributed by atoms with Crippen LogP contribution in [0.25, 0.3) is 0 Å². The van der Waals surface area contributed by atoms with Crippen LogP contribution in [0.15, 0.2) is 24.7 Å². The lowest BCUT2D eigenvalue weighted by Crippen LogP contribution is -2.22. The van der Waals surface area contributed by atoms with E-state index in [1.807, 2.05) is 13.8 Å². The van der Waals surface area contributed by atoms with Crippen LogP contribution in [0.5, 0.6) is 11.6 Å². The molecule has 2 rings (SSSR count). The number of nitrogens with one attached hydrogen (secondary N) is 1. The molecule has 0 aliphatic heterocycles. The lowest BCUT2D eigenvalue weighted by molar-refractivity contribution is 0.416. The molecule has 1 N–H and O–H groups in total. The molecule has 6 heteroatoms. The van der Waals surface area contributed by atoms with Crippen LogP contribution in [0.3, 0.4) is 0 Å². The van der Waals surface area contributed by atoms with Gasteiger partial charge >= 0.3 is 0 Å². The number of nitrogens with zero attached hydrogens (tertiary/aromatic N) is 3. The third-order valence-corrected chi connectivity index (χ3v) is 2.53. The fourth-order valence-corrected chi connectivity index (χ4v) is 1.55. The number of hydrogen-bond donors (Lipinski definition) is 1. The Balaban J connectivity index is 2.15. The van der Waals surface area contributed by atoms with Gasteiger partial charge in [0.2, 0.25) is 0 Å². The van der Waals surface area contributed by atoms with E-state index in [2.05, 4.69) is 15.4 Å². The normalized spacial score (nSPS) is 11.0. The summed E-state index contributed by atoms with van der Waals surface area (Å²) in [5.41, 5.74) is 0.530. The first-order valence-electron chi connectivity index (χ1n) is 6.09. The third-order valence-electron chi connectivity index (χ3n) is 2.53. The Hall–Kier alpha value is -1.95. The molecule has 0 atom stereocenters. The van der Waals surface area contributed by atoms with Gasteiger partial charge in [0.1, 0.15) is 0 Å². The predicted molar refractivity (Wildman–Crippen MR) is 69.5 cm³/mol. The monoisotopic (exact) mass is 264 g/mol. The molecule has 0 unspecified atom stereocenters.